The van der Waals surface area contributed by atoms with E-state index in [4.69, 9.17) is 0 Å². The first kappa shape index (κ1) is 16.4. The van der Waals surface area contributed by atoms with Gasteiger partial charge in [0.15, 0.2) is 0 Å². The SMILES string of the molecule is [CH2-]C[C@@H]1C[C@@H](C(C)(C)C)CCN1C([CH2-])=O.[Y]. The molecular formula is C13H23NOY-2. The van der Waals surface area contributed by atoms with E-state index in [-0.39, 0.29) is 38.6 Å². The fourth-order valence-electron chi connectivity index (χ4n) is 2.44. The first-order valence-electron chi connectivity index (χ1n) is 5.78. The van der Waals surface area contributed by atoms with Gasteiger partial charge in [0.25, 0.3) is 0 Å². The topological polar surface area (TPSA) is 20.3 Å². The number of likely N-dealkylation sites (tertiary alicyclic amines) is 1. The van der Waals surface area contributed by atoms with E-state index in [0.717, 1.165) is 25.8 Å². The van der Waals surface area contributed by atoms with E-state index in [1.54, 1.807) is 0 Å². The Hall–Kier alpha value is 0.444. The van der Waals surface area contributed by atoms with Gasteiger partial charge in [0, 0.05) is 45.3 Å². The van der Waals surface area contributed by atoms with Gasteiger partial charge >= 0.3 is 0 Å². The summed E-state index contributed by atoms with van der Waals surface area (Å²) in [6, 6.07) is 0.299. The van der Waals surface area contributed by atoms with Gasteiger partial charge in [-0.3, -0.25) is 0 Å². The monoisotopic (exact) mass is 298 g/mol. The van der Waals surface area contributed by atoms with Crippen LogP contribution in [-0.2, 0) is 37.5 Å². The van der Waals surface area contributed by atoms with Crippen LogP contribution in [0.3, 0.4) is 0 Å². The maximum atomic E-state index is 11.3. The zero-order valence-corrected chi connectivity index (χ0v) is 13.7. The van der Waals surface area contributed by atoms with E-state index in [0.29, 0.717) is 17.4 Å². The summed E-state index contributed by atoms with van der Waals surface area (Å²) in [6.45, 7) is 15.1. The van der Waals surface area contributed by atoms with Crippen LogP contribution < -0.4 is 0 Å². The summed E-state index contributed by atoms with van der Waals surface area (Å²) in [5.41, 5.74) is 0.337. The van der Waals surface area contributed by atoms with E-state index in [2.05, 4.69) is 34.6 Å². The molecule has 3 heteroatoms. The summed E-state index contributed by atoms with van der Waals surface area (Å²) in [4.78, 5) is 13.2. The fraction of sp³-hybridized carbons (Fsp3) is 0.769. The van der Waals surface area contributed by atoms with Crippen molar-refractivity contribution in [1.82, 2.24) is 4.90 Å². The van der Waals surface area contributed by atoms with Crippen molar-refractivity contribution >= 4 is 5.91 Å². The van der Waals surface area contributed by atoms with Crippen molar-refractivity contribution in [3.63, 3.8) is 0 Å². The third-order valence-corrected chi connectivity index (χ3v) is 3.59. The standard InChI is InChI=1S/C13H23NO.Y/c1-6-12-9-11(13(3,4)5)7-8-14(12)10(2)15;/h11-12H,1-2,6-9H2,3-5H3;/q-2;/t11-,12+;/m0./s1. The number of nitrogens with zero attached hydrogens (tertiary/aromatic N) is 1. The molecule has 1 heterocycles. The van der Waals surface area contributed by atoms with Crippen LogP contribution in [0.1, 0.15) is 40.0 Å². The average Bonchev–Trinajstić information content (AvgIpc) is 2.15. The second kappa shape index (κ2) is 6.40. The van der Waals surface area contributed by atoms with E-state index in [9.17, 15) is 4.79 Å². The second-order valence-corrected chi connectivity index (χ2v) is 5.62. The molecule has 0 aliphatic carbocycles. The van der Waals surface area contributed by atoms with Crippen LogP contribution in [-0.4, -0.2) is 23.4 Å². The molecule has 0 bridgehead atoms. The smallest absolute Gasteiger partial charge is 0.0824 e. The van der Waals surface area contributed by atoms with Gasteiger partial charge in [0.1, 0.15) is 0 Å². The summed E-state index contributed by atoms with van der Waals surface area (Å²) < 4.78 is 0. The summed E-state index contributed by atoms with van der Waals surface area (Å²) in [6.07, 6.45) is 2.98. The molecule has 2 atom stereocenters. The number of hydrogen-bond acceptors (Lipinski definition) is 1. The molecule has 0 N–H and O–H groups in total. The number of piperidine rings is 1. The molecule has 1 radical (unpaired) electrons. The van der Waals surface area contributed by atoms with Gasteiger partial charge in [-0.2, -0.15) is 6.42 Å². The van der Waals surface area contributed by atoms with E-state index < -0.39 is 0 Å². The Bertz CT molecular complexity index is 235. The molecule has 1 amide bonds. The molecule has 1 aliphatic heterocycles. The van der Waals surface area contributed by atoms with Crippen LogP contribution in [0, 0.1) is 25.2 Å². The van der Waals surface area contributed by atoms with Gasteiger partial charge in [-0.15, -0.1) is 0 Å². The zero-order valence-electron chi connectivity index (χ0n) is 10.8. The van der Waals surface area contributed by atoms with Crippen molar-refractivity contribution in [3.8, 4) is 0 Å². The summed E-state index contributed by atoms with van der Waals surface area (Å²) >= 11 is 0. The van der Waals surface area contributed by atoms with Gasteiger partial charge in [0.05, 0.1) is 5.91 Å². The van der Waals surface area contributed by atoms with Gasteiger partial charge in [-0.25, -0.2) is 0 Å². The molecule has 1 aliphatic rings. The maximum Gasteiger partial charge on any atom is 0.0824 e. The molecule has 1 saturated heterocycles. The molecular weight excluding hydrogens is 275 g/mol. The quantitative estimate of drug-likeness (QED) is 0.682. The summed E-state index contributed by atoms with van der Waals surface area (Å²) in [5.74, 6) is 0.649. The molecule has 0 spiro atoms. The van der Waals surface area contributed by atoms with Crippen LogP contribution in [0.2, 0.25) is 0 Å². The number of amides is 1. The van der Waals surface area contributed by atoms with Crippen molar-refractivity contribution in [2.24, 2.45) is 11.3 Å². The minimum Gasteiger partial charge on any atom is -0.367 e. The van der Waals surface area contributed by atoms with E-state index in [1.165, 1.54) is 0 Å². The molecule has 1 rings (SSSR count). The first-order chi connectivity index (χ1) is 6.86. The molecule has 0 aromatic rings. The molecule has 91 valence electrons. The largest absolute Gasteiger partial charge is 0.367 e. The molecule has 0 aromatic heterocycles. The normalized spacial score (nSPS) is 26.1. The van der Waals surface area contributed by atoms with Gasteiger partial charge in [0.2, 0.25) is 0 Å². The van der Waals surface area contributed by atoms with Crippen LogP contribution in [0.25, 0.3) is 0 Å². The molecule has 0 saturated carbocycles. The third-order valence-electron chi connectivity index (χ3n) is 3.59. The van der Waals surface area contributed by atoms with E-state index >= 15 is 0 Å². The number of carbonyl (C=O) groups excluding carboxylic acids is 1. The molecule has 16 heavy (non-hydrogen) atoms. The van der Waals surface area contributed by atoms with Crippen molar-refractivity contribution in [1.29, 1.82) is 0 Å². The minimum absolute atomic E-state index is 0. The molecule has 0 unspecified atom stereocenters. The Morgan fingerprint density at radius 2 is 2.00 bits per heavy atom. The Morgan fingerprint density at radius 3 is 2.38 bits per heavy atom. The number of carbonyl (C=O) groups is 1. The number of rotatable bonds is 1. The zero-order chi connectivity index (χ0) is 11.6. The van der Waals surface area contributed by atoms with Crippen LogP contribution in [0.15, 0.2) is 0 Å². The van der Waals surface area contributed by atoms with Crippen molar-refractivity contribution in [2.75, 3.05) is 6.54 Å². The molecule has 1 fully saturated rings. The Labute approximate surface area is 125 Å². The Kier molecular flexibility index (Phi) is 6.57. The average molecular weight is 298 g/mol. The first-order valence-corrected chi connectivity index (χ1v) is 5.78. The van der Waals surface area contributed by atoms with Gasteiger partial charge in [-0.05, 0) is 24.2 Å². The summed E-state index contributed by atoms with van der Waals surface area (Å²) in [5, 5.41) is 0. The predicted molar refractivity (Wildman–Crippen MR) is 63.0 cm³/mol. The summed E-state index contributed by atoms with van der Waals surface area (Å²) in [7, 11) is 0. The fourth-order valence-corrected chi connectivity index (χ4v) is 2.44. The third kappa shape index (κ3) is 4.03. The molecule has 0 aromatic carbocycles. The van der Waals surface area contributed by atoms with Crippen molar-refractivity contribution < 1.29 is 37.5 Å². The minimum atomic E-state index is -0.0454. The van der Waals surface area contributed by atoms with Crippen LogP contribution >= 0.6 is 0 Å². The van der Waals surface area contributed by atoms with Crippen LogP contribution in [0.5, 0.6) is 0 Å². The number of hydrogen-bond donors (Lipinski definition) is 0. The Balaban J connectivity index is 0.00000225. The van der Waals surface area contributed by atoms with Gasteiger partial charge in [-0.1, -0.05) is 20.8 Å². The van der Waals surface area contributed by atoms with Crippen LogP contribution in [0.4, 0.5) is 0 Å². The van der Waals surface area contributed by atoms with Gasteiger partial charge < -0.3 is 23.5 Å². The van der Waals surface area contributed by atoms with Crippen molar-refractivity contribution in [3.05, 3.63) is 13.8 Å². The van der Waals surface area contributed by atoms with Crippen molar-refractivity contribution in [2.45, 2.75) is 46.1 Å². The Morgan fingerprint density at radius 1 is 1.44 bits per heavy atom. The second-order valence-electron chi connectivity index (χ2n) is 5.62. The van der Waals surface area contributed by atoms with E-state index in [1.807, 2.05) is 4.90 Å². The predicted octanol–water partition coefficient (Wildman–Crippen LogP) is 2.70. The molecule has 2 nitrogen and oxygen atoms in total. The maximum absolute atomic E-state index is 11.3.